The SMILES string of the molecule is CN(CCCc1cnn(C)c1)C(=O)Nc1ccc(Cl)cc1C(F)(F)F. The number of urea groups is 1. The number of aryl methyl sites for hydroxylation is 2. The lowest BCUT2D eigenvalue weighted by atomic mass is 10.1. The van der Waals surface area contributed by atoms with Crippen LogP contribution in [0.25, 0.3) is 0 Å². The zero-order chi connectivity index (χ0) is 18.6. The number of benzene rings is 1. The normalized spacial score (nSPS) is 11.4. The van der Waals surface area contributed by atoms with Crippen LogP contribution in [-0.4, -0.2) is 34.3 Å². The van der Waals surface area contributed by atoms with Crippen LogP contribution in [0.15, 0.2) is 30.6 Å². The maximum absolute atomic E-state index is 13.0. The van der Waals surface area contributed by atoms with E-state index in [9.17, 15) is 18.0 Å². The molecular formula is C16H18ClF3N4O. The summed E-state index contributed by atoms with van der Waals surface area (Å²) in [6.45, 7) is 0.398. The van der Waals surface area contributed by atoms with Crippen LogP contribution in [0, 0.1) is 0 Å². The van der Waals surface area contributed by atoms with Gasteiger partial charge in [-0.15, -0.1) is 0 Å². The smallest absolute Gasteiger partial charge is 0.328 e. The number of hydrogen-bond donors (Lipinski definition) is 1. The predicted octanol–water partition coefficient (Wildman–Crippen LogP) is 4.19. The average molecular weight is 375 g/mol. The molecule has 1 heterocycles. The lowest BCUT2D eigenvalue weighted by Crippen LogP contribution is -2.33. The highest BCUT2D eigenvalue weighted by Crippen LogP contribution is 2.36. The van der Waals surface area contributed by atoms with E-state index in [0.717, 1.165) is 24.1 Å². The maximum atomic E-state index is 13.0. The van der Waals surface area contributed by atoms with Gasteiger partial charge in [0.15, 0.2) is 0 Å². The molecule has 0 radical (unpaired) electrons. The molecule has 0 saturated heterocycles. The second-order valence-electron chi connectivity index (χ2n) is 5.67. The number of alkyl halides is 3. The topological polar surface area (TPSA) is 50.2 Å². The molecular weight excluding hydrogens is 357 g/mol. The van der Waals surface area contributed by atoms with Crippen LogP contribution in [0.3, 0.4) is 0 Å². The Kier molecular flexibility index (Phi) is 5.94. The van der Waals surface area contributed by atoms with E-state index in [-0.39, 0.29) is 10.7 Å². The summed E-state index contributed by atoms with van der Waals surface area (Å²) in [6.07, 6.45) is 0.405. The third-order valence-corrected chi connectivity index (χ3v) is 3.83. The summed E-state index contributed by atoms with van der Waals surface area (Å²) in [7, 11) is 3.34. The molecule has 1 aromatic heterocycles. The number of nitrogens with one attached hydrogen (secondary N) is 1. The summed E-state index contributed by atoms with van der Waals surface area (Å²) >= 11 is 5.62. The fourth-order valence-electron chi connectivity index (χ4n) is 2.29. The van der Waals surface area contributed by atoms with Gasteiger partial charge in [-0.3, -0.25) is 4.68 Å². The van der Waals surface area contributed by atoms with E-state index in [1.165, 1.54) is 18.0 Å². The minimum atomic E-state index is -4.60. The zero-order valence-electron chi connectivity index (χ0n) is 13.8. The van der Waals surface area contributed by atoms with E-state index in [0.29, 0.717) is 13.0 Å². The summed E-state index contributed by atoms with van der Waals surface area (Å²) in [6, 6.07) is 2.62. The molecule has 5 nitrogen and oxygen atoms in total. The fourth-order valence-corrected chi connectivity index (χ4v) is 2.47. The fraction of sp³-hybridized carbons (Fsp3) is 0.375. The number of hydrogen-bond acceptors (Lipinski definition) is 2. The summed E-state index contributed by atoms with van der Waals surface area (Å²) in [5.41, 5.74) is -0.258. The molecule has 0 aliphatic carbocycles. The summed E-state index contributed by atoms with van der Waals surface area (Å²) < 4.78 is 40.8. The summed E-state index contributed by atoms with van der Waals surface area (Å²) in [4.78, 5) is 13.5. The van der Waals surface area contributed by atoms with Crippen LogP contribution in [0.1, 0.15) is 17.5 Å². The van der Waals surface area contributed by atoms with Gasteiger partial charge in [0.05, 0.1) is 17.4 Å². The van der Waals surface area contributed by atoms with Crippen molar-refractivity contribution in [3.8, 4) is 0 Å². The Morgan fingerprint density at radius 2 is 2.12 bits per heavy atom. The lowest BCUT2D eigenvalue weighted by molar-refractivity contribution is -0.136. The van der Waals surface area contributed by atoms with Gasteiger partial charge < -0.3 is 10.2 Å². The first-order valence-electron chi connectivity index (χ1n) is 7.53. The van der Waals surface area contributed by atoms with Crippen molar-refractivity contribution in [3.05, 3.63) is 46.7 Å². The third-order valence-electron chi connectivity index (χ3n) is 3.59. The standard InChI is InChI=1S/C16H18ClF3N4O/c1-23(7-3-4-11-9-21-24(2)10-11)15(25)22-14-6-5-12(17)8-13(14)16(18,19)20/h5-6,8-10H,3-4,7H2,1-2H3,(H,22,25). The van der Waals surface area contributed by atoms with Crippen molar-refractivity contribution >= 4 is 23.3 Å². The molecule has 0 saturated carbocycles. The van der Waals surface area contributed by atoms with Gasteiger partial charge >= 0.3 is 12.2 Å². The molecule has 0 aliphatic rings. The highest BCUT2D eigenvalue weighted by molar-refractivity contribution is 6.30. The maximum Gasteiger partial charge on any atom is 0.418 e. The van der Waals surface area contributed by atoms with Gasteiger partial charge in [-0.05, 0) is 36.6 Å². The predicted molar refractivity (Wildman–Crippen MR) is 89.6 cm³/mol. The molecule has 136 valence electrons. The van der Waals surface area contributed by atoms with E-state index < -0.39 is 17.8 Å². The molecule has 2 amide bonds. The molecule has 1 N–H and O–H groups in total. The number of aromatic nitrogens is 2. The molecule has 9 heteroatoms. The second kappa shape index (κ2) is 7.77. The molecule has 0 fully saturated rings. The highest BCUT2D eigenvalue weighted by Gasteiger charge is 2.34. The minimum absolute atomic E-state index is 0.0462. The number of halogens is 4. The molecule has 0 atom stereocenters. The summed E-state index contributed by atoms with van der Waals surface area (Å²) in [5.74, 6) is 0. The van der Waals surface area contributed by atoms with E-state index >= 15 is 0 Å². The van der Waals surface area contributed by atoms with Gasteiger partial charge in [0.2, 0.25) is 0 Å². The van der Waals surface area contributed by atoms with Crippen LogP contribution in [-0.2, 0) is 19.6 Å². The first kappa shape index (κ1) is 19.1. The Balaban J connectivity index is 1.94. The van der Waals surface area contributed by atoms with Crippen LogP contribution in [0.5, 0.6) is 0 Å². The number of carbonyl (C=O) groups excluding carboxylic acids is 1. The minimum Gasteiger partial charge on any atom is -0.328 e. The third kappa shape index (κ3) is 5.38. The molecule has 0 bridgehead atoms. The van der Waals surface area contributed by atoms with Gasteiger partial charge in [-0.1, -0.05) is 11.6 Å². The second-order valence-corrected chi connectivity index (χ2v) is 6.10. The van der Waals surface area contributed by atoms with Crippen molar-refractivity contribution in [3.63, 3.8) is 0 Å². The molecule has 0 spiro atoms. The van der Waals surface area contributed by atoms with Crippen molar-refractivity contribution in [2.24, 2.45) is 7.05 Å². The average Bonchev–Trinajstić information content (AvgIpc) is 2.93. The first-order valence-corrected chi connectivity index (χ1v) is 7.91. The Hall–Kier alpha value is -2.22. The first-order chi connectivity index (χ1) is 11.7. The van der Waals surface area contributed by atoms with E-state index in [4.69, 9.17) is 11.6 Å². The van der Waals surface area contributed by atoms with E-state index in [1.54, 1.807) is 10.9 Å². The number of nitrogens with zero attached hydrogens (tertiary/aromatic N) is 3. The molecule has 2 rings (SSSR count). The van der Waals surface area contributed by atoms with Gasteiger partial charge in [0.1, 0.15) is 0 Å². The Labute approximate surface area is 148 Å². The lowest BCUT2D eigenvalue weighted by Gasteiger charge is -2.20. The van der Waals surface area contributed by atoms with E-state index in [1.807, 2.05) is 13.2 Å². The number of amides is 2. The van der Waals surface area contributed by atoms with Crippen LogP contribution in [0.4, 0.5) is 23.7 Å². The Morgan fingerprint density at radius 3 is 2.72 bits per heavy atom. The number of anilines is 1. The van der Waals surface area contributed by atoms with Crippen molar-refractivity contribution in [2.45, 2.75) is 19.0 Å². The van der Waals surface area contributed by atoms with E-state index in [2.05, 4.69) is 10.4 Å². The zero-order valence-corrected chi connectivity index (χ0v) is 14.5. The van der Waals surface area contributed by atoms with Gasteiger partial charge in [0, 0.05) is 31.9 Å². The quantitative estimate of drug-likeness (QED) is 0.853. The molecule has 0 unspecified atom stereocenters. The largest absolute Gasteiger partial charge is 0.418 e. The van der Waals surface area contributed by atoms with Gasteiger partial charge in [-0.25, -0.2) is 4.79 Å². The number of carbonyl (C=O) groups is 1. The molecule has 25 heavy (non-hydrogen) atoms. The van der Waals surface area contributed by atoms with Crippen molar-refractivity contribution in [1.29, 1.82) is 0 Å². The molecule has 0 aliphatic heterocycles. The van der Waals surface area contributed by atoms with Crippen LogP contribution in [0.2, 0.25) is 5.02 Å². The Morgan fingerprint density at radius 1 is 1.40 bits per heavy atom. The van der Waals surface area contributed by atoms with Crippen molar-refractivity contribution in [1.82, 2.24) is 14.7 Å². The Bertz CT molecular complexity index is 745. The van der Waals surface area contributed by atoms with Crippen LogP contribution >= 0.6 is 11.6 Å². The number of rotatable bonds is 5. The monoisotopic (exact) mass is 374 g/mol. The van der Waals surface area contributed by atoms with Crippen molar-refractivity contribution < 1.29 is 18.0 Å². The summed E-state index contributed by atoms with van der Waals surface area (Å²) in [5, 5.41) is 6.29. The van der Waals surface area contributed by atoms with Gasteiger partial charge in [0.25, 0.3) is 0 Å². The van der Waals surface area contributed by atoms with Crippen molar-refractivity contribution in [2.75, 3.05) is 18.9 Å². The molecule has 2 aromatic rings. The molecule has 1 aromatic carbocycles. The van der Waals surface area contributed by atoms with Gasteiger partial charge in [-0.2, -0.15) is 18.3 Å². The highest BCUT2D eigenvalue weighted by atomic mass is 35.5. The van der Waals surface area contributed by atoms with Crippen LogP contribution < -0.4 is 5.32 Å².